The van der Waals surface area contributed by atoms with Crippen LogP contribution in [0.2, 0.25) is 30.1 Å². The Bertz CT molecular complexity index is 5310. The summed E-state index contributed by atoms with van der Waals surface area (Å²) in [5, 5.41) is 25.2. The Morgan fingerprint density at radius 2 is 1.00 bits per heavy atom. The van der Waals surface area contributed by atoms with Crippen LogP contribution in [0.15, 0.2) is 120 Å². The van der Waals surface area contributed by atoms with Crippen LogP contribution in [-0.4, -0.2) is 114 Å². The van der Waals surface area contributed by atoms with Crippen molar-refractivity contribution >= 4 is 161 Å². The molecule has 25 nitrogen and oxygen atoms in total. The van der Waals surface area contributed by atoms with Crippen LogP contribution in [-0.2, 0) is 56.6 Å². The van der Waals surface area contributed by atoms with Crippen molar-refractivity contribution in [2.45, 2.75) is 107 Å². The molecule has 13 rings (SSSR count). The predicted octanol–water partition coefficient (Wildman–Crippen LogP) is 17.5. The number of rotatable bonds is 18. The van der Waals surface area contributed by atoms with E-state index < -0.39 is 94.9 Å². The number of hydrazone groups is 1. The first-order valence-electron chi connectivity index (χ1n) is 32.1. The normalized spacial score (nSPS) is 15.2. The highest BCUT2D eigenvalue weighted by Gasteiger charge is 2.67. The summed E-state index contributed by atoms with van der Waals surface area (Å²) in [4.78, 5) is 87.4. The monoisotopic (exact) mass is 1640 g/mol. The van der Waals surface area contributed by atoms with Crippen LogP contribution in [0.4, 0.5) is 55.7 Å². The van der Waals surface area contributed by atoms with E-state index in [9.17, 15) is 73.5 Å². The number of imidazole rings is 3. The number of fused-ring (bicyclic) bond motifs is 3. The molecule has 1 aliphatic heterocycles. The topological polar surface area (TPSA) is 320 Å². The van der Waals surface area contributed by atoms with E-state index in [1.165, 1.54) is 102 Å². The van der Waals surface area contributed by atoms with E-state index in [-0.39, 0.29) is 140 Å². The highest BCUT2D eigenvalue weighted by Crippen LogP contribution is 2.59. The molecule has 3 aromatic heterocycles. The summed E-state index contributed by atoms with van der Waals surface area (Å²) in [6.07, 6.45) is -11.7. The number of benzene rings is 6. The summed E-state index contributed by atoms with van der Waals surface area (Å²) in [5.41, 5.74) is 1.86. The molecular weight excluding hydrogens is 1600 g/mol. The summed E-state index contributed by atoms with van der Waals surface area (Å²) in [7, 11) is 0. The number of hydrogen-bond acceptors (Lipinski definition) is 19. The lowest BCUT2D eigenvalue weighted by Crippen LogP contribution is -2.36. The number of alkyl halides is 9. The number of hydrogen-bond donors (Lipinski definition) is 2. The number of alkyl carbamates (subject to hydrolysis) is 1. The highest BCUT2D eigenvalue weighted by atomic mass is 35.5. The van der Waals surface area contributed by atoms with Crippen molar-refractivity contribution in [1.82, 2.24) is 34.0 Å². The predicted molar refractivity (Wildman–Crippen MR) is 383 cm³/mol. The highest BCUT2D eigenvalue weighted by molar-refractivity contribution is 6.50. The van der Waals surface area contributed by atoms with E-state index in [2.05, 4.69) is 34.6 Å². The number of nitrogens with zero attached hydrogens (tertiary/aromatic N) is 12. The number of nitrogens with one attached hydrogen (secondary N) is 1. The van der Waals surface area contributed by atoms with Gasteiger partial charge in [-0.2, -0.15) is 60.1 Å². The van der Waals surface area contributed by atoms with Gasteiger partial charge < -0.3 is 48.0 Å². The van der Waals surface area contributed by atoms with Crippen molar-refractivity contribution in [2.75, 3.05) is 30.5 Å². The molecule has 0 unspecified atom stereocenters. The molecule has 6 aromatic carbocycles. The van der Waals surface area contributed by atoms with Crippen LogP contribution < -0.4 is 30.3 Å². The van der Waals surface area contributed by atoms with Crippen LogP contribution in [0.1, 0.15) is 70.8 Å². The van der Waals surface area contributed by atoms with Crippen molar-refractivity contribution in [1.29, 1.82) is 10.5 Å². The van der Waals surface area contributed by atoms with E-state index >= 15 is 0 Å². The molecule has 3 fully saturated rings. The van der Waals surface area contributed by atoms with Crippen molar-refractivity contribution in [3.05, 3.63) is 157 Å². The van der Waals surface area contributed by atoms with Crippen LogP contribution in [0.3, 0.4) is 0 Å². The SMILES string of the molecule is CCOC(=O)CC(=O)C(C#N)=NCc1cc(Cl)c(Oc2ccc3ncn(C4(C(F)(F)F)CC4)c3c2)c(Cl)c1.N#CC1=NN(c2cc(Cl)c(Oc3ccc4ncn(C5(C(F)(F)F)CC5)c4c3)c(Cl)c2)C(=O)CC1=O.Nc1cc(Cl)c(Oc2ccc3ncn(C4(C(F)(F)F)CC4)c3c2)c(Cl)c1.[C-]#[N+]CC(=O)NC(=O)OCC. The fourth-order valence-electron chi connectivity index (χ4n) is 11.1. The number of aromatic nitrogens is 6. The fourth-order valence-corrected chi connectivity index (χ4v) is 12.8. The number of ketones is 2. The van der Waals surface area contributed by atoms with E-state index in [0.29, 0.717) is 39.1 Å². The van der Waals surface area contributed by atoms with Crippen LogP contribution >= 0.6 is 69.6 Å². The first-order valence-corrected chi connectivity index (χ1v) is 34.4. The van der Waals surface area contributed by atoms with Gasteiger partial charge in [-0.25, -0.2) is 26.3 Å². The van der Waals surface area contributed by atoms with Gasteiger partial charge in [-0.05, 0) is 131 Å². The smallest absolute Gasteiger partial charge is 0.414 e. The number of carbonyl (C=O) groups excluding carboxylic acids is 6. The molecule has 9 aromatic rings. The number of esters is 1. The second-order valence-electron chi connectivity index (χ2n) is 24.3. The Balaban J connectivity index is 0.000000166. The van der Waals surface area contributed by atoms with Gasteiger partial charge in [0, 0.05) is 23.9 Å². The van der Waals surface area contributed by atoms with Gasteiger partial charge in [-0.15, -0.1) is 0 Å². The molecule has 4 heterocycles. The lowest BCUT2D eigenvalue weighted by molar-refractivity contribution is -0.179. The van der Waals surface area contributed by atoms with Gasteiger partial charge in [0.15, 0.2) is 23.0 Å². The van der Waals surface area contributed by atoms with Gasteiger partial charge in [0.2, 0.25) is 17.3 Å². The number of ether oxygens (including phenoxy) is 5. The van der Waals surface area contributed by atoms with Crippen LogP contribution in [0.5, 0.6) is 34.5 Å². The molecule has 3 aliphatic carbocycles. The summed E-state index contributed by atoms with van der Waals surface area (Å²) in [6.45, 7) is 9.33. The Kier molecular flexibility index (Phi) is 24.3. The minimum atomic E-state index is -4.43. The van der Waals surface area contributed by atoms with E-state index in [0.717, 1.165) is 14.1 Å². The first-order chi connectivity index (χ1) is 51.9. The molecule has 3 amide bonds. The average molecular weight is 1650 g/mol. The van der Waals surface area contributed by atoms with Crippen molar-refractivity contribution < 1.29 is 92.0 Å². The van der Waals surface area contributed by atoms with Gasteiger partial charge in [0.25, 0.3) is 12.5 Å². The number of anilines is 2. The summed E-state index contributed by atoms with van der Waals surface area (Å²) < 4.78 is 152. The number of nitrogens with two attached hydrogens (primary N) is 1. The van der Waals surface area contributed by atoms with Crippen LogP contribution in [0, 0.1) is 29.2 Å². The third-order valence-electron chi connectivity index (χ3n) is 16.9. The summed E-state index contributed by atoms with van der Waals surface area (Å²) in [5.74, 6) is -2.66. The van der Waals surface area contributed by atoms with Gasteiger partial charge in [0.05, 0.1) is 114 Å². The van der Waals surface area contributed by atoms with E-state index in [1.807, 2.05) is 5.32 Å². The molecule has 0 saturated heterocycles. The molecule has 3 saturated carbocycles. The number of nitrogen functional groups attached to an aromatic ring is 1. The number of Topliss-reactive ketones (excluding diaryl/α,β-unsaturated/α-hetero) is 2. The quantitative estimate of drug-likeness (QED) is 0.0201. The minimum Gasteiger partial charge on any atom is -0.466 e. The number of carbonyl (C=O) groups is 6. The van der Waals surface area contributed by atoms with Gasteiger partial charge >= 0.3 is 36.5 Å². The molecule has 0 spiro atoms. The summed E-state index contributed by atoms with van der Waals surface area (Å²) in [6, 6.07) is 25.4. The second-order valence-corrected chi connectivity index (χ2v) is 26.7. The molecule has 4 aliphatic rings. The molecule has 0 radical (unpaired) electrons. The Labute approximate surface area is 645 Å². The number of nitriles is 2. The van der Waals surface area contributed by atoms with Crippen molar-refractivity contribution in [3.63, 3.8) is 0 Å². The van der Waals surface area contributed by atoms with Gasteiger partial charge in [-0.3, -0.25) is 34.3 Å². The molecule has 40 heteroatoms. The van der Waals surface area contributed by atoms with Crippen molar-refractivity contribution in [2.24, 2.45) is 10.1 Å². The zero-order chi connectivity index (χ0) is 80.2. The largest absolute Gasteiger partial charge is 0.466 e. The molecule has 110 heavy (non-hydrogen) atoms. The lowest BCUT2D eigenvalue weighted by atomic mass is 10.1. The molecular formula is C70H51Cl6F9N14O11. The van der Waals surface area contributed by atoms with E-state index in [4.69, 9.17) is 106 Å². The first kappa shape index (κ1) is 81.6. The maximum absolute atomic E-state index is 13.7. The standard InChI is InChI=1S/C25H19Cl2F3N4O4.C22H12Cl2F3N5O3.C17H12Cl2F3N3O.C6H8N2O3/c1-2-37-22(36)10-21(35)19(11-31)32-12-14-7-16(26)23(17(27)8-14)38-15-3-4-18-20(9-15)34(13-33-18)24(5-6-24)25(28,29)30;23-13-5-11(32-19(34)8-18(33)16(9-28)30-32)6-14(24)20(13)35-12-1-2-15-17(7-12)31(10-29-15)21(3-4-21)22(25,26)27;18-11-5-9(23)6-12(19)15(11)26-10-1-2-13-14(7-10)25(8-24-13)16(3-4-16)17(20,21)22;1-3-11-6(10)8-5(9)4-7-2/h3-4,7-9,13H,2,5-6,10,12H2,1H3;1-2,5-7,10H,3-4,8H2;1-2,5-8H,3-4,23H2;3-4H2,1H3,(H,8,9,10). The van der Waals surface area contributed by atoms with Crippen molar-refractivity contribution in [3.8, 4) is 46.6 Å². The van der Waals surface area contributed by atoms with Gasteiger partial charge in [-0.1, -0.05) is 69.6 Å². The number of aliphatic imine (C=N–C) groups is 1. The molecule has 3 N–H and O–H groups in total. The number of imide groups is 1. The third kappa shape index (κ3) is 17.7. The third-order valence-corrected chi connectivity index (χ3v) is 18.6. The zero-order valence-corrected chi connectivity index (χ0v) is 61.0. The number of halogens is 15. The van der Waals surface area contributed by atoms with Crippen LogP contribution in [0.25, 0.3) is 37.9 Å². The second kappa shape index (κ2) is 32.7. The number of amides is 3. The Morgan fingerprint density at radius 3 is 1.35 bits per heavy atom. The molecule has 0 bridgehead atoms. The summed E-state index contributed by atoms with van der Waals surface area (Å²) >= 11 is 37.6. The van der Waals surface area contributed by atoms with E-state index in [1.54, 1.807) is 38.1 Å². The maximum atomic E-state index is 13.7. The maximum Gasteiger partial charge on any atom is 0.414 e. The Morgan fingerprint density at radius 1 is 0.609 bits per heavy atom. The molecule has 0 atom stereocenters. The average Bonchev–Trinajstić information content (AvgIpc) is 1.57. The fraction of sp³-hybridized carbons (Fsp3) is 0.286. The zero-order valence-electron chi connectivity index (χ0n) is 56.5. The Hall–Kier alpha value is -10.9. The molecule has 572 valence electrons. The lowest BCUT2D eigenvalue weighted by Gasteiger charge is -2.22. The minimum absolute atomic E-state index is 0.00974. The van der Waals surface area contributed by atoms with Gasteiger partial charge in [0.1, 0.15) is 52.4 Å².